The van der Waals surface area contributed by atoms with Gasteiger partial charge in [-0.05, 0) is 24.3 Å². The number of hydrogen-bond donors (Lipinski definition) is 0. The third-order valence-corrected chi connectivity index (χ3v) is 5.53. The van der Waals surface area contributed by atoms with Crippen LogP contribution >= 0.6 is 11.8 Å². The summed E-state index contributed by atoms with van der Waals surface area (Å²) in [5.74, 6) is 1.60. The first kappa shape index (κ1) is 19.1. The highest BCUT2D eigenvalue weighted by Crippen LogP contribution is 2.34. The molecule has 2 fully saturated rings. The molecule has 0 spiro atoms. The van der Waals surface area contributed by atoms with Gasteiger partial charge < -0.3 is 14.4 Å². The number of rotatable bonds is 10. The van der Waals surface area contributed by atoms with Gasteiger partial charge in [0.2, 0.25) is 0 Å². The lowest BCUT2D eigenvalue weighted by molar-refractivity contribution is -0.139. The second-order valence-electron chi connectivity index (χ2n) is 7.07. The zero-order valence-electron chi connectivity index (χ0n) is 15.1. The van der Waals surface area contributed by atoms with Gasteiger partial charge >= 0.3 is 0 Å². The Morgan fingerprint density at radius 2 is 2.04 bits per heavy atom. The van der Waals surface area contributed by atoms with Gasteiger partial charge in [-0.15, -0.1) is 0 Å². The predicted octanol–water partition coefficient (Wildman–Crippen LogP) is 3.69. The van der Waals surface area contributed by atoms with Gasteiger partial charge in [0.1, 0.15) is 6.23 Å². The number of thioether (sulfide) groups is 1. The standard InChI is InChI=1S/C18H33NO3S/c1-5-6-7-8-9-15-17(22-15)18(20)19-14(13(2)3)12-21-16(19)10-11-23-4/h13-17H,5-12H2,1-4H3/t14-,15-,16-,17+/m1/s1. The Kier molecular flexibility index (Phi) is 7.70. The van der Waals surface area contributed by atoms with Crippen molar-refractivity contribution in [2.75, 3.05) is 18.6 Å². The summed E-state index contributed by atoms with van der Waals surface area (Å²) in [7, 11) is 0. The molecular formula is C18H33NO3S. The number of unbranched alkanes of at least 4 members (excludes halogenated alkanes) is 3. The summed E-state index contributed by atoms with van der Waals surface area (Å²) in [6, 6.07) is 0.194. The molecule has 1 amide bonds. The Morgan fingerprint density at radius 1 is 1.26 bits per heavy atom. The topological polar surface area (TPSA) is 42.1 Å². The van der Waals surface area contributed by atoms with Crippen LogP contribution in [0.2, 0.25) is 0 Å². The van der Waals surface area contributed by atoms with E-state index in [-0.39, 0.29) is 30.4 Å². The first-order valence-electron chi connectivity index (χ1n) is 9.18. The maximum Gasteiger partial charge on any atom is 0.256 e. The van der Waals surface area contributed by atoms with Crippen LogP contribution in [0.5, 0.6) is 0 Å². The minimum absolute atomic E-state index is 0.0627. The zero-order valence-corrected chi connectivity index (χ0v) is 15.9. The highest BCUT2D eigenvalue weighted by molar-refractivity contribution is 7.98. The maximum absolute atomic E-state index is 12.9. The number of carbonyl (C=O) groups is 1. The lowest BCUT2D eigenvalue weighted by Gasteiger charge is -2.30. The summed E-state index contributed by atoms with van der Waals surface area (Å²) in [4.78, 5) is 14.9. The van der Waals surface area contributed by atoms with E-state index in [0.29, 0.717) is 12.5 Å². The molecule has 2 saturated heterocycles. The second-order valence-corrected chi connectivity index (χ2v) is 8.06. The largest absolute Gasteiger partial charge is 0.359 e. The molecule has 134 valence electrons. The molecule has 0 aliphatic carbocycles. The van der Waals surface area contributed by atoms with Crippen molar-refractivity contribution in [2.24, 2.45) is 5.92 Å². The smallest absolute Gasteiger partial charge is 0.256 e. The molecule has 2 rings (SSSR count). The summed E-state index contributed by atoms with van der Waals surface area (Å²) < 4.78 is 11.6. The Balaban J connectivity index is 1.87. The summed E-state index contributed by atoms with van der Waals surface area (Å²) >= 11 is 1.80. The predicted molar refractivity (Wildman–Crippen MR) is 95.6 cm³/mol. The number of nitrogens with zero attached hydrogens (tertiary/aromatic N) is 1. The summed E-state index contributed by atoms with van der Waals surface area (Å²) in [5, 5.41) is 0. The molecule has 23 heavy (non-hydrogen) atoms. The third-order valence-electron chi connectivity index (χ3n) is 4.89. The van der Waals surface area contributed by atoms with Crippen molar-refractivity contribution in [1.82, 2.24) is 4.90 Å². The monoisotopic (exact) mass is 343 g/mol. The van der Waals surface area contributed by atoms with E-state index in [1.807, 2.05) is 4.90 Å². The molecule has 0 aromatic rings. The van der Waals surface area contributed by atoms with E-state index in [1.165, 1.54) is 25.7 Å². The second kappa shape index (κ2) is 9.28. The van der Waals surface area contributed by atoms with Gasteiger partial charge in [0, 0.05) is 6.42 Å². The lowest BCUT2D eigenvalue weighted by Crippen LogP contribution is -2.47. The Morgan fingerprint density at radius 3 is 2.70 bits per heavy atom. The quantitative estimate of drug-likeness (QED) is 0.448. The van der Waals surface area contributed by atoms with E-state index < -0.39 is 0 Å². The minimum Gasteiger partial charge on any atom is -0.359 e. The van der Waals surface area contributed by atoms with Crippen molar-refractivity contribution in [1.29, 1.82) is 0 Å². The van der Waals surface area contributed by atoms with Gasteiger partial charge in [-0.1, -0.05) is 46.5 Å². The van der Waals surface area contributed by atoms with Crippen LogP contribution < -0.4 is 0 Å². The van der Waals surface area contributed by atoms with E-state index >= 15 is 0 Å². The van der Waals surface area contributed by atoms with Gasteiger partial charge in [0.25, 0.3) is 5.91 Å². The van der Waals surface area contributed by atoms with Crippen molar-refractivity contribution in [3.63, 3.8) is 0 Å². The first-order chi connectivity index (χ1) is 11.1. The van der Waals surface area contributed by atoms with Crippen molar-refractivity contribution in [2.45, 2.75) is 83.8 Å². The normalized spacial score (nSPS) is 30.2. The molecule has 4 nitrogen and oxygen atoms in total. The molecule has 0 bridgehead atoms. The van der Waals surface area contributed by atoms with Crippen LogP contribution in [0.4, 0.5) is 0 Å². The van der Waals surface area contributed by atoms with E-state index in [1.54, 1.807) is 11.8 Å². The first-order valence-corrected chi connectivity index (χ1v) is 10.6. The van der Waals surface area contributed by atoms with E-state index in [9.17, 15) is 4.79 Å². The van der Waals surface area contributed by atoms with Crippen LogP contribution in [-0.2, 0) is 14.3 Å². The number of amides is 1. The fourth-order valence-electron chi connectivity index (χ4n) is 3.34. The minimum atomic E-state index is -0.212. The number of hydrogen-bond acceptors (Lipinski definition) is 4. The molecule has 2 aliphatic heterocycles. The van der Waals surface area contributed by atoms with Crippen LogP contribution in [0.3, 0.4) is 0 Å². The Bertz CT molecular complexity index is 377. The molecule has 0 saturated carbocycles. The van der Waals surface area contributed by atoms with Gasteiger partial charge in [0.15, 0.2) is 6.10 Å². The summed E-state index contributed by atoms with van der Waals surface area (Å²) in [6.07, 6.45) is 8.83. The zero-order chi connectivity index (χ0) is 16.8. The molecule has 2 aliphatic rings. The Hall–Kier alpha value is -0.260. The number of epoxide rings is 1. The molecule has 0 radical (unpaired) electrons. The van der Waals surface area contributed by atoms with Crippen molar-refractivity contribution in [3.05, 3.63) is 0 Å². The fourth-order valence-corrected chi connectivity index (χ4v) is 3.78. The highest BCUT2D eigenvalue weighted by atomic mass is 32.2. The molecular weight excluding hydrogens is 310 g/mol. The van der Waals surface area contributed by atoms with Gasteiger partial charge in [-0.2, -0.15) is 11.8 Å². The average Bonchev–Trinajstić information content (AvgIpc) is 3.17. The molecule has 4 atom stereocenters. The molecule has 0 unspecified atom stereocenters. The van der Waals surface area contributed by atoms with Crippen LogP contribution in [-0.4, -0.2) is 53.9 Å². The summed E-state index contributed by atoms with van der Waals surface area (Å²) in [5.41, 5.74) is 0. The van der Waals surface area contributed by atoms with E-state index in [0.717, 1.165) is 18.6 Å². The van der Waals surface area contributed by atoms with Gasteiger partial charge in [-0.25, -0.2) is 0 Å². The van der Waals surface area contributed by atoms with Crippen LogP contribution in [0, 0.1) is 5.92 Å². The van der Waals surface area contributed by atoms with E-state index in [2.05, 4.69) is 27.0 Å². The van der Waals surface area contributed by atoms with Crippen molar-refractivity contribution in [3.8, 4) is 0 Å². The van der Waals surface area contributed by atoms with Crippen LogP contribution in [0.25, 0.3) is 0 Å². The molecule has 5 heteroatoms. The average molecular weight is 344 g/mol. The highest BCUT2D eigenvalue weighted by Gasteiger charge is 2.51. The molecule has 0 N–H and O–H groups in total. The lowest BCUT2D eigenvalue weighted by atomic mass is 10.0. The SMILES string of the molecule is CCCCCC[C@H]1O[C@@H]1C(=O)N1[C@@H](C(C)C)CO[C@@H]1CCSC. The van der Waals surface area contributed by atoms with Crippen LogP contribution in [0.15, 0.2) is 0 Å². The number of carbonyl (C=O) groups excluding carboxylic acids is 1. The number of ether oxygens (including phenoxy) is 2. The van der Waals surface area contributed by atoms with Gasteiger partial charge in [0.05, 0.1) is 18.8 Å². The fraction of sp³-hybridized carbons (Fsp3) is 0.944. The Labute approximate surface area is 145 Å². The summed E-state index contributed by atoms with van der Waals surface area (Å²) in [6.45, 7) is 7.22. The molecule has 2 heterocycles. The molecule has 0 aromatic heterocycles. The van der Waals surface area contributed by atoms with Crippen molar-refractivity contribution >= 4 is 17.7 Å². The van der Waals surface area contributed by atoms with E-state index in [4.69, 9.17) is 9.47 Å². The van der Waals surface area contributed by atoms with Gasteiger partial charge in [-0.3, -0.25) is 4.79 Å². The third kappa shape index (κ3) is 5.10. The van der Waals surface area contributed by atoms with Crippen molar-refractivity contribution < 1.29 is 14.3 Å². The maximum atomic E-state index is 12.9. The van der Waals surface area contributed by atoms with Crippen LogP contribution in [0.1, 0.15) is 59.3 Å². The molecule has 0 aromatic carbocycles.